The van der Waals surface area contributed by atoms with Crippen LogP contribution in [0, 0.1) is 0 Å². The normalized spacial score (nSPS) is 17.1. The van der Waals surface area contributed by atoms with E-state index in [9.17, 15) is 4.79 Å². The van der Waals surface area contributed by atoms with Crippen molar-refractivity contribution in [2.45, 2.75) is 12.6 Å². The molecule has 1 fully saturated rings. The van der Waals surface area contributed by atoms with Crippen molar-refractivity contribution in [2.24, 2.45) is 0 Å². The van der Waals surface area contributed by atoms with Gasteiger partial charge in [-0.3, -0.25) is 15.1 Å². The Morgan fingerprint density at radius 1 is 1.24 bits per heavy atom. The summed E-state index contributed by atoms with van der Waals surface area (Å²) >= 11 is 0. The Hall–Kier alpha value is -2.24. The van der Waals surface area contributed by atoms with Gasteiger partial charge in [-0.1, -0.05) is 36.4 Å². The number of β-lactam (4-membered cyclic amide) rings is 1. The number of pyridine rings is 1. The molecular formula is C16H17N3O2. The number of nitrogens with zero attached hydrogens (tertiary/aromatic N) is 1. The third-order valence-electron chi connectivity index (χ3n) is 3.39. The van der Waals surface area contributed by atoms with Crippen molar-refractivity contribution in [3.05, 3.63) is 54.2 Å². The topological polar surface area (TPSA) is 63.2 Å². The fourth-order valence-electron chi connectivity index (χ4n) is 2.07. The maximum Gasteiger partial charge on any atom is 0.239 e. The molecule has 108 valence electrons. The summed E-state index contributed by atoms with van der Waals surface area (Å²) in [4.78, 5) is 15.5. The number of ether oxygens (including phenoxy) is 1. The van der Waals surface area contributed by atoms with E-state index in [4.69, 9.17) is 4.74 Å². The molecule has 1 atom stereocenters. The maximum atomic E-state index is 11.0. The van der Waals surface area contributed by atoms with Crippen molar-refractivity contribution in [2.75, 3.05) is 13.3 Å². The van der Waals surface area contributed by atoms with E-state index in [1.165, 1.54) is 0 Å². The van der Waals surface area contributed by atoms with Crippen LogP contribution >= 0.6 is 0 Å². The molecule has 1 amide bonds. The van der Waals surface area contributed by atoms with Crippen LogP contribution in [-0.2, 0) is 16.1 Å². The van der Waals surface area contributed by atoms with Gasteiger partial charge in [0.2, 0.25) is 5.91 Å². The van der Waals surface area contributed by atoms with Gasteiger partial charge in [0.15, 0.2) is 0 Å². The van der Waals surface area contributed by atoms with Crippen molar-refractivity contribution in [3.63, 3.8) is 0 Å². The molecule has 0 bridgehead atoms. The van der Waals surface area contributed by atoms with Crippen LogP contribution < -0.4 is 10.6 Å². The molecular weight excluding hydrogens is 266 g/mol. The molecule has 1 aromatic carbocycles. The molecule has 5 nitrogen and oxygen atoms in total. The first-order chi connectivity index (χ1) is 10.3. The van der Waals surface area contributed by atoms with Gasteiger partial charge in [-0.2, -0.15) is 0 Å². The van der Waals surface area contributed by atoms with Crippen LogP contribution in [0.4, 0.5) is 0 Å². The molecule has 5 heteroatoms. The number of hydrogen-bond acceptors (Lipinski definition) is 4. The SMILES string of the molecule is O=C1NCC1NCOCc1ccc(-c2ccccc2)nc1. The number of aromatic nitrogens is 1. The van der Waals surface area contributed by atoms with E-state index in [0.29, 0.717) is 19.9 Å². The molecule has 0 radical (unpaired) electrons. The fourth-order valence-corrected chi connectivity index (χ4v) is 2.07. The summed E-state index contributed by atoms with van der Waals surface area (Å²) in [6, 6.07) is 13.9. The number of carbonyl (C=O) groups is 1. The summed E-state index contributed by atoms with van der Waals surface area (Å²) in [5, 5.41) is 5.69. The Labute approximate surface area is 123 Å². The summed E-state index contributed by atoms with van der Waals surface area (Å²) in [7, 11) is 0. The zero-order valence-corrected chi connectivity index (χ0v) is 11.6. The van der Waals surface area contributed by atoms with E-state index in [2.05, 4.69) is 15.6 Å². The van der Waals surface area contributed by atoms with Gasteiger partial charge in [0.25, 0.3) is 0 Å². The highest BCUT2D eigenvalue weighted by Crippen LogP contribution is 2.16. The molecule has 2 heterocycles. The lowest BCUT2D eigenvalue weighted by molar-refractivity contribution is -0.129. The van der Waals surface area contributed by atoms with E-state index < -0.39 is 0 Å². The Balaban J connectivity index is 1.47. The minimum atomic E-state index is -0.108. The molecule has 0 aliphatic carbocycles. The second-order valence-electron chi connectivity index (χ2n) is 4.91. The van der Waals surface area contributed by atoms with Gasteiger partial charge in [0.05, 0.1) is 19.0 Å². The highest BCUT2D eigenvalue weighted by Gasteiger charge is 2.26. The lowest BCUT2D eigenvalue weighted by Crippen LogP contribution is -2.60. The van der Waals surface area contributed by atoms with Crippen molar-refractivity contribution in [3.8, 4) is 11.3 Å². The first-order valence-corrected chi connectivity index (χ1v) is 6.92. The number of rotatable bonds is 6. The number of benzene rings is 1. The fraction of sp³-hybridized carbons (Fsp3) is 0.250. The van der Waals surface area contributed by atoms with Crippen molar-refractivity contribution >= 4 is 5.91 Å². The van der Waals surface area contributed by atoms with Crippen molar-refractivity contribution in [1.82, 2.24) is 15.6 Å². The molecule has 1 aliphatic heterocycles. The largest absolute Gasteiger partial charge is 0.362 e. The zero-order chi connectivity index (χ0) is 14.5. The monoisotopic (exact) mass is 283 g/mol. The smallest absolute Gasteiger partial charge is 0.239 e. The van der Waals surface area contributed by atoms with Crippen LogP contribution in [-0.4, -0.2) is 30.2 Å². The predicted octanol–water partition coefficient (Wildman–Crippen LogP) is 1.31. The van der Waals surface area contributed by atoms with Crippen LogP contribution in [0.2, 0.25) is 0 Å². The Bertz CT molecular complexity index is 599. The molecule has 2 N–H and O–H groups in total. The van der Waals surface area contributed by atoms with Crippen LogP contribution in [0.5, 0.6) is 0 Å². The Morgan fingerprint density at radius 2 is 2.10 bits per heavy atom. The minimum absolute atomic E-state index is 0.0347. The van der Waals surface area contributed by atoms with Crippen LogP contribution in [0.25, 0.3) is 11.3 Å². The zero-order valence-electron chi connectivity index (χ0n) is 11.6. The molecule has 1 aliphatic rings. The number of amides is 1. The van der Waals surface area contributed by atoms with Gasteiger partial charge in [-0.15, -0.1) is 0 Å². The third-order valence-corrected chi connectivity index (χ3v) is 3.39. The first kappa shape index (κ1) is 13.7. The van der Waals surface area contributed by atoms with E-state index in [1.54, 1.807) is 0 Å². The number of hydrogen-bond donors (Lipinski definition) is 2. The predicted molar refractivity (Wildman–Crippen MR) is 79.3 cm³/mol. The summed E-state index contributed by atoms with van der Waals surface area (Å²) in [5.41, 5.74) is 3.06. The van der Waals surface area contributed by atoms with Crippen LogP contribution in [0.15, 0.2) is 48.7 Å². The number of nitrogens with one attached hydrogen (secondary N) is 2. The first-order valence-electron chi connectivity index (χ1n) is 6.92. The van der Waals surface area contributed by atoms with E-state index in [-0.39, 0.29) is 11.9 Å². The molecule has 2 aromatic rings. The lowest BCUT2D eigenvalue weighted by atomic mass is 10.1. The van der Waals surface area contributed by atoms with E-state index >= 15 is 0 Å². The van der Waals surface area contributed by atoms with Crippen LogP contribution in [0.3, 0.4) is 0 Å². The van der Waals surface area contributed by atoms with Gasteiger partial charge in [-0.05, 0) is 11.6 Å². The van der Waals surface area contributed by atoms with Gasteiger partial charge < -0.3 is 10.1 Å². The van der Waals surface area contributed by atoms with Gasteiger partial charge in [0, 0.05) is 18.3 Å². The average molecular weight is 283 g/mol. The van der Waals surface area contributed by atoms with Crippen LogP contribution in [0.1, 0.15) is 5.56 Å². The number of carbonyl (C=O) groups excluding carboxylic acids is 1. The summed E-state index contributed by atoms with van der Waals surface area (Å²) < 4.78 is 5.49. The molecule has 1 saturated heterocycles. The molecule has 1 unspecified atom stereocenters. The van der Waals surface area contributed by atoms with Gasteiger partial charge in [-0.25, -0.2) is 0 Å². The van der Waals surface area contributed by atoms with E-state index in [1.807, 2.05) is 48.7 Å². The second-order valence-corrected chi connectivity index (χ2v) is 4.91. The highest BCUT2D eigenvalue weighted by atomic mass is 16.5. The lowest BCUT2D eigenvalue weighted by Gasteiger charge is -2.26. The highest BCUT2D eigenvalue weighted by molar-refractivity contribution is 5.87. The second kappa shape index (κ2) is 6.47. The van der Waals surface area contributed by atoms with E-state index in [0.717, 1.165) is 16.8 Å². The van der Waals surface area contributed by atoms with Gasteiger partial charge in [0.1, 0.15) is 6.04 Å². The quantitative estimate of drug-likeness (QED) is 0.477. The Morgan fingerprint density at radius 3 is 2.71 bits per heavy atom. The molecule has 1 aromatic heterocycles. The van der Waals surface area contributed by atoms with Crippen molar-refractivity contribution < 1.29 is 9.53 Å². The molecule has 3 rings (SSSR count). The standard InChI is InChI=1S/C16H17N3O2/c20-16-15(9-18-16)19-11-21-10-12-6-7-14(17-8-12)13-4-2-1-3-5-13/h1-8,15,19H,9-11H2,(H,18,20). The van der Waals surface area contributed by atoms with Gasteiger partial charge >= 0.3 is 0 Å². The average Bonchev–Trinajstić information content (AvgIpc) is 2.54. The third kappa shape index (κ3) is 3.45. The molecule has 21 heavy (non-hydrogen) atoms. The minimum Gasteiger partial charge on any atom is -0.362 e. The van der Waals surface area contributed by atoms with Crippen molar-refractivity contribution in [1.29, 1.82) is 0 Å². The summed E-state index contributed by atoms with van der Waals surface area (Å²) in [6.07, 6.45) is 1.82. The maximum absolute atomic E-state index is 11.0. The summed E-state index contributed by atoms with van der Waals surface area (Å²) in [6.45, 7) is 1.51. The molecule has 0 saturated carbocycles. The summed E-state index contributed by atoms with van der Waals surface area (Å²) in [5.74, 6) is 0.0347. The Kier molecular flexibility index (Phi) is 4.23. The molecule has 0 spiro atoms.